The summed E-state index contributed by atoms with van der Waals surface area (Å²) in [5.41, 5.74) is 2.23. The highest BCUT2D eigenvalue weighted by Crippen LogP contribution is 2.12. The normalized spacial score (nSPS) is 13.3. The van der Waals surface area contributed by atoms with Crippen LogP contribution in [0.15, 0.2) is 53.1 Å². The third-order valence-electron chi connectivity index (χ3n) is 3.46. The van der Waals surface area contributed by atoms with Crippen LogP contribution in [0.4, 0.5) is 0 Å². The molecule has 3 aromatic rings. The summed E-state index contributed by atoms with van der Waals surface area (Å²) in [7, 11) is 1.78. The molecule has 0 aliphatic carbocycles. The number of aromatic nitrogens is 2. The number of hydrogen-bond acceptors (Lipinski definition) is 3. The highest BCUT2D eigenvalue weighted by Gasteiger charge is 2.08. The van der Waals surface area contributed by atoms with Crippen LogP contribution in [0.3, 0.4) is 0 Å². The Balaban J connectivity index is 1.59. The number of benzene rings is 1. The van der Waals surface area contributed by atoms with Crippen LogP contribution >= 0.6 is 11.3 Å². The molecule has 2 aromatic heterocycles. The van der Waals surface area contributed by atoms with Crippen molar-refractivity contribution < 1.29 is 0 Å². The molecule has 1 aromatic carbocycles. The van der Waals surface area contributed by atoms with Crippen LogP contribution in [0.1, 0.15) is 24.2 Å². The van der Waals surface area contributed by atoms with Crippen molar-refractivity contribution in [2.75, 3.05) is 7.05 Å². The molecule has 0 fully saturated rings. The standard InChI is InChI=1S/C16H19N5S/c1-12(13-6-4-3-5-7-13)19-15(17-2)18-10-14-11-21-8-9-22-16(21)20-14/h3-9,11-12H,10H2,1-2H3,(H2,17,18,19). The van der Waals surface area contributed by atoms with Crippen LogP contribution in [0, 0.1) is 0 Å². The summed E-state index contributed by atoms with van der Waals surface area (Å²) >= 11 is 1.63. The van der Waals surface area contributed by atoms with Gasteiger partial charge in [-0.2, -0.15) is 0 Å². The lowest BCUT2D eigenvalue weighted by Crippen LogP contribution is -2.38. The molecule has 0 amide bonds. The number of imidazole rings is 1. The molecule has 0 aliphatic rings. The third kappa shape index (κ3) is 3.28. The molecule has 1 unspecified atom stereocenters. The number of rotatable bonds is 4. The van der Waals surface area contributed by atoms with Gasteiger partial charge in [-0.25, -0.2) is 4.98 Å². The fraction of sp³-hybridized carbons (Fsp3) is 0.250. The smallest absolute Gasteiger partial charge is 0.193 e. The monoisotopic (exact) mass is 313 g/mol. The van der Waals surface area contributed by atoms with Crippen LogP contribution in [0.25, 0.3) is 4.96 Å². The summed E-state index contributed by atoms with van der Waals surface area (Å²) in [6.45, 7) is 2.77. The van der Waals surface area contributed by atoms with Crippen molar-refractivity contribution >= 4 is 22.3 Å². The van der Waals surface area contributed by atoms with Crippen molar-refractivity contribution in [2.24, 2.45) is 4.99 Å². The minimum atomic E-state index is 0.192. The average molecular weight is 313 g/mol. The summed E-state index contributed by atoms with van der Waals surface area (Å²) in [5, 5.41) is 8.72. The molecule has 2 N–H and O–H groups in total. The Morgan fingerprint density at radius 1 is 1.36 bits per heavy atom. The van der Waals surface area contributed by atoms with E-state index in [1.165, 1.54) is 5.56 Å². The van der Waals surface area contributed by atoms with E-state index < -0.39 is 0 Å². The van der Waals surface area contributed by atoms with Crippen molar-refractivity contribution in [1.82, 2.24) is 20.0 Å². The van der Waals surface area contributed by atoms with Crippen LogP contribution in [-0.4, -0.2) is 22.4 Å². The lowest BCUT2D eigenvalue weighted by Gasteiger charge is -2.17. The molecule has 0 aliphatic heterocycles. The first-order chi connectivity index (χ1) is 10.8. The zero-order chi connectivity index (χ0) is 15.4. The highest BCUT2D eigenvalue weighted by atomic mass is 32.1. The van der Waals surface area contributed by atoms with Crippen molar-refractivity contribution in [2.45, 2.75) is 19.5 Å². The summed E-state index contributed by atoms with van der Waals surface area (Å²) in [5.74, 6) is 0.771. The Kier molecular flexibility index (Phi) is 4.39. The highest BCUT2D eigenvalue weighted by molar-refractivity contribution is 7.15. The summed E-state index contributed by atoms with van der Waals surface area (Å²) in [4.78, 5) is 9.84. The van der Waals surface area contributed by atoms with Gasteiger partial charge < -0.3 is 10.6 Å². The maximum Gasteiger partial charge on any atom is 0.193 e. The summed E-state index contributed by atoms with van der Waals surface area (Å²) < 4.78 is 2.03. The van der Waals surface area contributed by atoms with E-state index in [0.717, 1.165) is 16.6 Å². The first-order valence-corrected chi connectivity index (χ1v) is 8.07. The van der Waals surface area contributed by atoms with E-state index in [4.69, 9.17) is 0 Å². The minimum Gasteiger partial charge on any atom is -0.351 e. The van der Waals surface area contributed by atoms with Crippen LogP contribution in [-0.2, 0) is 6.54 Å². The molecule has 22 heavy (non-hydrogen) atoms. The number of guanidine groups is 1. The van der Waals surface area contributed by atoms with E-state index in [-0.39, 0.29) is 6.04 Å². The van der Waals surface area contributed by atoms with E-state index >= 15 is 0 Å². The van der Waals surface area contributed by atoms with E-state index in [2.05, 4.69) is 39.7 Å². The van der Waals surface area contributed by atoms with Crippen molar-refractivity contribution in [1.29, 1.82) is 0 Å². The SMILES string of the molecule is CN=C(NCc1cn2ccsc2n1)NC(C)c1ccccc1. The Morgan fingerprint density at radius 3 is 2.91 bits per heavy atom. The fourth-order valence-electron chi connectivity index (χ4n) is 2.26. The van der Waals surface area contributed by atoms with Gasteiger partial charge in [0, 0.05) is 24.8 Å². The second-order valence-electron chi connectivity index (χ2n) is 5.03. The van der Waals surface area contributed by atoms with Gasteiger partial charge in [-0.3, -0.25) is 9.39 Å². The zero-order valence-corrected chi connectivity index (χ0v) is 13.5. The minimum absolute atomic E-state index is 0.192. The van der Waals surface area contributed by atoms with E-state index in [0.29, 0.717) is 6.54 Å². The molecular formula is C16H19N5S. The van der Waals surface area contributed by atoms with Gasteiger partial charge in [0.15, 0.2) is 10.9 Å². The third-order valence-corrected chi connectivity index (χ3v) is 4.23. The topological polar surface area (TPSA) is 53.7 Å². The Hall–Kier alpha value is -2.34. The average Bonchev–Trinajstić information content (AvgIpc) is 3.13. The molecule has 0 radical (unpaired) electrons. The van der Waals surface area contributed by atoms with Crippen molar-refractivity contribution in [3.63, 3.8) is 0 Å². The summed E-state index contributed by atoms with van der Waals surface area (Å²) in [6, 6.07) is 10.5. The molecule has 0 bridgehead atoms. The van der Waals surface area contributed by atoms with Gasteiger partial charge in [-0.1, -0.05) is 30.3 Å². The Morgan fingerprint density at radius 2 is 2.18 bits per heavy atom. The van der Waals surface area contributed by atoms with Gasteiger partial charge in [-0.05, 0) is 12.5 Å². The summed E-state index contributed by atoms with van der Waals surface area (Å²) in [6.07, 6.45) is 4.05. The second kappa shape index (κ2) is 6.62. The number of thiazole rings is 1. The molecule has 1 atom stereocenters. The quantitative estimate of drug-likeness (QED) is 0.575. The van der Waals surface area contributed by atoms with Crippen molar-refractivity contribution in [3.05, 3.63) is 59.4 Å². The predicted molar refractivity (Wildman–Crippen MR) is 91.3 cm³/mol. The lowest BCUT2D eigenvalue weighted by molar-refractivity contribution is 0.683. The van der Waals surface area contributed by atoms with E-state index in [9.17, 15) is 0 Å². The largest absolute Gasteiger partial charge is 0.351 e. The first kappa shape index (κ1) is 14.6. The van der Waals surface area contributed by atoms with Gasteiger partial charge in [0.25, 0.3) is 0 Å². The molecule has 0 saturated heterocycles. The number of aliphatic imine (C=N–C) groups is 1. The lowest BCUT2D eigenvalue weighted by atomic mass is 10.1. The Bertz CT molecular complexity index is 731. The predicted octanol–water partition coefficient (Wildman–Crippen LogP) is 2.82. The fourth-order valence-corrected chi connectivity index (χ4v) is 2.98. The second-order valence-corrected chi connectivity index (χ2v) is 5.90. The number of nitrogens with one attached hydrogen (secondary N) is 2. The van der Waals surface area contributed by atoms with Crippen LogP contribution in [0.2, 0.25) is 0 Å². The maximum atomic E-state index is 4.55. The number of fused-ring (bicyclic) bond motifs is 1. The Labute approximate surface area is 133 Å². The van der Waals surface area contributed by atoms with Gasteiger partial charge >= 0.3 is 0 Å². The maximum absolute atomic E-state index is 4.55. The first-order valence-electron chi connectivity index (χ1n) is 7.19. The van der Waals surface area contributed by atoms with Crippen molar-refractivity contribution in [3.8, 4) is 0 Å². The number of hydrogen-bond donors (Lipinski definition) is 2. The molecule has 6 heteroatoms. The van der Waals surface area contributed by atoms with Gasteiger partial charge in [0.2, 0.25) is 0 Å². The molecule has 114 valence electrons. The molecule has 5 nitrogen and oxygen atoms in total. The van der Waals surface area contributed by atoms with Crippen LogP contribution < -0.4 is 10.6 Å². The zero-order valence-electron chi connectivity index (χ0n) is 12.7. The molecule has 2 heterocycles. The number of nitrogens with zero attached hydrogens (tertiary/aromatic N) is 3. The molecular weight excluding hydrogens is 294 g/mol. The van der Waals surface area contributed by atoms with Gasteiger partial charge in [0.1, 0.15) is 0 Å². The molecule has 3 rings (SSSR count). The van der Waals surface area contributed by atoms with Gasteiger partial charge in [0.05, 0.1) is 18.3 Å². The molecule has 0 spiro atoms. The van der Waals surface area contributed by atoms with E-state index in [1.807, 2.05) is 40.4 Å². The van der Waals surface area contributed by atoms with E-state index in [1.54, 1.807) is 18.4 Å². The molecule has 0 saturated carbocycles. The van der Waals surface area contributed by atoms with Crippen LogP contribution in [0.5, 0.6) is 0 Å². The van der Waals surface area contributed by atoms with Gasteiger partial charge in [-0.15, -0.1) is 11.3 Å².